The molecule has 6 nitrogen and oxygen atoms in total. The third-order valence-electron chi connectivity index (χ3n) is 5.72. The largest absolute Gasteiger partial charge is 0.497 e. The second kappa shape index (κ2) is 9.67. The Morgan fingerprint density at radius 3 is 2.55 bits per heavy atom. The molecule has 0 radical (unpaired) electrons. The molecule has 1 N–H and O–H groups in total. The van der Waals surface area contributed by atoms with E-state index in [1.54, 1.807) is 19.2 Å². The van der Waals surface area contributed by atoms with Crippen LogP contribution in [0.4, 0.5) is 0 Å². The molecule has 3 aromatic carbocycles. The lowest BCUT2D eigenvalue weighted by molar-refractivity contribution is -0.121. The molecule has 0 aliphatic carbocycles. The number of hydrogen-bond acceptors (Lipinski definition) is 5. The molecule has 1 atom stereocenters. The normalized spacial score (nSPS) is 14.9. The van der Waals surface area contributed by atoms with E-state index in [1.807, 2.05) is 48.5 Å². The number of methoxy groups -OCH3 is 1. The summed E-state index contributed by atoms with van der Waals surface area (Å²) in [6, 6.07) is 20.6. The second-order valence-corrected chi connectivity index (χ2v) is 10.2. The van der Waals surface area contributed by atoms with Gasteiger partial charge in [-0.1, -0.05) is 30.3 Å². The Bertz CT molecular complexity index is 1250. The molecule has 1 unspecified atom stereocenters. The molecule has 1 heterocycles. The standard InChI is InChI=1S/C26H27NO5S/c1-31-22-5-3-4-18(14-22)6-13-26(28)27-17-23-16-21-15-20(9-12-25(21)32-23)19-7-10-24(11-8-19)33(2,29)30/h3-5,7-12,14-15,23H,6,13,16-17H2,1-2H3,(H,27,28). The van der Waals surface area contributed by atoms with Gasteiger partial charge in [0.2, 0.25) is 5.91 Å². The average Bonchev–Trinajstić information content (AvgIpc) is 3.23. The number of hydrogen-bond donors (Lipinski definition) is 1. The van der Waals surface area contributed by atoms with Crippen molar-refractivity contribution in [2.75, 3.05) is 19.9 Å². The number of fused-ring (bicyclic) bond motifs is 1. The molecule has 1 aliphatic heterocycles. The molecule has 1 aliphatic rings. The molecule has 1 amide bonds. The van der Waals surface area contributed by atoms with Crippen molar-refractivity contribution in [1.82, 2.24) is 5.32 Å². The van der Waals surface area contributed by atoms with E-state index in [2.05, 4.69) is 11.4 Å². The highest BCUT2D eigenvalue weighted by atomic mass is 32.2. The summed E-state index contributed by atoms with van der Waals surface area (Å²) in [6.07, 6.45) is 2.85. The van der Waals surface area contributed by atoms with E-state index in [0.29, 0.717) is 30.7 Å². The van der Waals surface area contributed by atoms with E-state index in [1.165, 1.54) is 6.26 Å². The van der Waals surface area contributed by atoms with E-state index >= 15 is 0 Å². The first-order valence-electron chi connectivity index (χ1n) is 10.8. The predicted molar refractivity (Wildman–Crippen MR) is 127 cm³/mol. The van der Waals surface area contributed by atoms with Crippen molar-refractivity contribution < 1.29 is 22.7 Å². The Labute approximate surface area is 194 Å². The van der Waals surface area contributed by atoms with Crippen molar-refractivity contribution in [3.05, 3.63) is 77.9 Å². The molecule has 0 fully saturated rings. The van der Waals surface area contributed by atoms with Gasteiger partial charge in [0.25, 0.3) is 0 Å². The van der Waals surface area contributed by atoms with Crippen LogP contribution in [0.2, 0.25) is 0 Å². The number of rotatable bonds is 8. The first-order chi connectivity index (χ1) is 15.8. The quantitative estimate of drug-likeness (QED) is 0.547. The van der Waals surface area contributed by atoms with Gasteiger partial charge in [0.05, 0.1) is 18.6 Å². The number of amides is 1. The van der Waals surface area contributed by atoms with Gasteiger partial charge >= 0.3 is 0 Å². The lowest BCUT2D eigenvalue weighted by atomic mass is 10.0. The molecule has 4 rings (SSSR count). The predicted octanol–water partition coefficient (Wildman–Crippen LogP) is 3.82. The summed E-state index contributed by atoms with van der Waals surface area (Å²) in [5.41, 5.74) is 4.08. The Hall–Kier alpha value is -3.32. The third kappa shape index (κ3) is 5.73. The molecule has 0 saturated carbocycles. The van der Waals surface area contributed by atoms with E-state index < -0.39 is 9.84 Å². The molecular formula is C26H27NO5S. The number of sulfone groups is 1. The fourth-order valence-corrected chi connectivity index (χ4v) is 4.54. The molecule has 172 valence electrons. The molecule has 0 bridgehead atoms. The van der Waals surface area contributed by atoms with Crippen LogP contribution in [0.25, 0.3) is 11.1 Å². The average molecular weight is 466 g/mol. The van der Waals surface area contributed by atoms with Gasteiger partial charge in [0.1, 0.15) is 17.6 Å². The number of aryl methyl sites for hydroxylation is 1. The Morgan fingerprint density at radius 2 is 1.82 bits per heavy atom. The van der Waals surface area contributed by atoms with Crippen LogP contribution in [0.15, 0.2) is 71.6 Å². The van der Waals surface area contributed by atoms with Crippen molar-refractivity contribution in [2.45, 2.75) is 30.3 Å². The molecule has 0 aromatic heterocycles. The zero-order chi connectivity index (χ0) is 23.4. The van der Waals surface area contributed by atoms with Crippen LogP contribution in [-0.4, -0.2) is 40.3 Å². The van der Waals surface area contributed by atoms with Crippen LogP contribution in [-0.2, 0) is 27.5 Å². The van der Waals surface area contributed by atoms with E-state index in [0.717, 1.165) is 33.8 Å². The number of carbonyl (C=O) groups is 1. The topological polar surface area (TPSA) is 81.7 Å². The first-order valence-corrected chi connectivity index (χ1v) is 12.7. The summed E-state index contributed by atoms with van der Waals surface area (Å²) >= 11 is 0. The number of ether oxygens (including phenoxy) is 2. The van der Waals surface area contributed by atoms with Gasteiger partial charge in [-0.2, -0.15) is 0 Å². The van der Waals surface area contributed by atoms with E-state index in [9.17, 15) is 13.2 Å². The van der Waals surface area contributed by atoms with Crippen LogP contribution in [0.3, 0.4) is 0 Å². The highest BCUT2D eigenvalue weighted by Crippen LogP contribution is 2.33. The van der Waals surface area contributed by atoms with E-state index in [-0.39, 0.29) is 12.0 Å². The lowest BCUT2D eigenvalue weighted by Gasteiger charge is -2.12. The highest BCUT2D eigenvalue weighted by Gasteiger charge is 2.23. The first kappa shape index (κ1) is 22.9. The summed E-state index contributed by atoms with van der Waals surface area (Å²) < 4.78 is 34.6. The van der Waals surface area contributed by atoms with Gasteiger partial charge in [-0.05, 0) is 65.1 Å². The van der Waals surface area contributed by atoms with Crippen LogP contribution in [0.5, 0.6) is 11.5 Å². The van der Waals surface area contributed by atoms with Crippen LogP contribution < -0.4 is 14.8 Å². The van der Waals surface area contributed by atoms with Crippen molar-refractivity contribution in [3.8, 4) is 22.6 Å². The number of carbonyl (C=O) groups excluding carboxylic acids is 1. The zero-order valence-corrected chi connectivity index (χ0v) is 19.5. The summed E-state index contributed by atoms with van der Waals surface area (Å²) in [4.78, 5) is 12.6. The molecule has 7 heteroatoms. The number of benzene rings is 3. The summed E-state index contributed by atoms with van der Waals surface area (Å²) in [5, 5.41) is 2.97. The Balaban J connectivity index is 1.30. The zero-order valence-electron chi connectivity index (χ0n) is 18.7. The monoisotopic (exact) mass is 465 g/mol. The molecular weight excluding hydrogens is 438 g/mol. The smallest absolute Gasteiger partial charge is 0.220 e. The molecule has 3 aromatic rings. The van der Waals surface area contributed by atoms with Gasteiger partial charge in [0.15, 0.2) is 9.84 Å². The van der Waals surface area contributed by atoms with Crippen LogP contribution in [0, 0.1) is 0 Å². The van der Waals surface area contributed by atoms with Crippen LogP contribution >= 0.6 is 0 Å². The highest BCUT2D eigenvalue weighted by molar-refractivity contribution is 7.90. The second-order valence-electron chi connectivity index (χ2n) is 8.22. The maximum absolute atomic E-state index is 12.3. The number of nitrogens with one attached hydrogen (secondary N) is 1. The summed E-state index contributed by atoms with van der Waals surface area (Å²) in [6.45, 7) is 0.448. The molecule has 33 heavy (non-hydrogen) atoms. The third-order valence-corrected chi connectivity index (χ3v) is 6.85. The van der Waals surface area contributed by atoms with Gasteiger partial charge in [-0.3, -0.25) is 4.79 Å². The van der Waals surface area contributed by atoms with Crippen molar-refractivity contribution in [3.63, 3.8) is 0 Å². The SMILES string of the molecule is COc1cccc(CCC(=O)NCC2Cc3cc(-c4ccc(S(C)(=O)=O)cc4)ccc3O2)c1. The molecule has 0 saturated heterocycles. The Morgan fingerprint density at radius 1 is 1.06 bits per heavy atom. The van der Waals surface area contributed by atoms with Gasteiger partial charge in [0, 0.05) is 19.1 Å². The Kier molecular flexibility index (Phi) is 6.70. The minimum atomic E-state index is -3.22. The minimum Gasteiger partial charge on any atom is -0.497 e. The van der Waals surface area contributed by atoms with Gasteiger partial charge in [-0.25, -0.2) is 8.42 Å². The summed E-state index contributed by atoms with van der Waals surface area (Å²) in [7, 11) is -1.59. The molecule has 0 spiro atoms. The van der Waals surface area contributed by atoms with E-state index in [4.69, 9.17) is 9.47 Å². The maximum atomic E-state index is 12.3. The van der Waals surface area contributed by atoms with Crippen molar-refractivity contribution in [1.29, 1.82) is 0 Å². The van der Waals surface area contributed by atoms with Crippen molar-refractivity contribution in [2.24, 2.45) is 0 Å². The minimum absolute atomic E-state index is 0.0102. The lowest BCUT2D eigenvalue weighted by Crippen LogP contribution is -2.34. The van der Waals surface area contributed by atoms with Gasteiger partial charge < -0.3 is 14.8 Å². The fourth-order valence-electron chi connectivity index (χ4n) is 3.91. The summed E-state index contributed by atoms with van der Waals surface area (Å²) in [5.74, 6) is 1.60. The van der Waals surface area contributed by atoms with Gasteiger partial charge in [-0.15, -0.1) is 0 Å². The maximum Gasteiger partial charge on any atom is 0.220 e. The van der Waals surface area contributed by atoms with Crippen molar-refractivity contribution >= 4 is 15.7 Å². The van der Waals surface area contributed by atoms with Crippen LogP contribution in [0.1, 0.15) is 17.5 Å². The fraction of sp³-hybridized carbons (Fsp3) is 0.269.